The molecule has 154 valence electrons. The van der Waals surface area contributed by atoms with Crippen LogP contribution < -0.4 is 4.57 Å². The van der Waals surface area contributed by atoms with Gasteiger partial charge in [0.2, 0.25) is 11.2 Å². The quantitative estimate of drug-likeness (QED) is 0.315. The molecule has 2 unspecified atom stereocenters. The first-order valence-electron chi connectivity index (χ1n) is 11.8. The fourth-order valence-corrected chi connectivity index (χ4v) is 7.01. The summed E-state index contributed by atoms with van der Waals surface area (Å²) >= 11 is 0. The minimum absolute atomic E-state index is 0.159. The van der Waals surface area contributed by atoms with Gasteiger partial charge in [0.1, 0.15) is 0 Å². The Morgan fingerprint density at radius 3 is 2.29 bits per heavy atom. The molecule has 1 heteroatoms. The van der Waals surface area contributed by atoms with Crippen LogP contribution in [0, 0.1) is 6.92 Å². The maximum atomic E-state index is 2.76. The van der Waals surface area contributed by atoms with E-state index in [0.29, 0.717) is 0 Å². The summed E-state index contributed by atoms with van der Waals surface area (Å²) in [5.41, 5.74) is 10.3. The summed E-state index contributed by atoms with van der Waals surface area (Å²) in [7, 11) is 0. The van der Waals surface area contributed by atoms with Crippen LogP contribution in [0.4, 0.5) is 0 Å². The highest BCUT2D eigenvalue weighted by Crippen LogP contribution is 2.62. The Morgan fingerprint density at radius 1 is 0.806 bits per heavy atom. The molecule has 1 fully saturated rings. The van der Waals surface area contributed by atoms with Crippen LogP contribution in [0.3, 0.4) is 0 Å². The molecule has 2 atom stereocenters. The second kappa shape index (κ2) is 6.53. The molecule has 1 nitrogen and oxygen atoms in total. The third kappa shape index (κ3) is 2.19. The molecule has 0 radical (unpaired) electrons. The van der Waals surface area contributed by atoms with Crippen LogP contribution in [-0.2, 0) is 11.0 Å². The van der Waals surface area contributed by atoms with Gasteiger partial charge >= 0.3 is 0 Å². The summed E-state index contributed by atoms with van der Waals surface area (Å²) in [4.78, 5) is 0. The SMILES string of the molecule is CCC12CCC1(CC)[n+]1c(cc(-c3ccccc3)c3ccccc31)-c1c(C)cccc12. The monoisotopic (exact) mass is 404 g/mol. The average molecular weight is 405 g/mol. The Bertz CT molecular complexity index is 1310. The molecule has 1 saturated carbocycles. The maximum absolute atomic E-state index is 2.76. The Hall–Kier alpha value is -2.93. The average Bonchev–Trinajstić information content (AvgIpc) is 2.80. The van der Waals surface area contributed by atoms with Gasteiger partial charge in [-0.1, -0.05) is 74.5 Å². The number of fused-ring (bicyclic) bond motifs is 8. The topological polar surface area (TPSA) is 3.88 Å². The lowest BCUT2D eigenvalue weighted by Gasteiger charge is -2.58. The van der Waals surface area contributed by atoms with Crippen molar-refractivity contribution >= 4 is 10.9 Å². The summed E-state index contributed by atoms with van der Waals surface area (Å²) < 4.78 is 2.76. The van der Waals surface area contributed by atoms with Crippen LogP contribution in [0.5, 0.6) is 0 Å². The second-order valence-electron chi connectivity index (χ2n) is 9.48. The van der Waals surface area contributed by atoms with Crippen molar-refractivity contribution in [3.8, 4) is 22.4 Å². The number of hydrogen-bond acceptors (Lipinski definition) is 0. The molecule has 0 bridgehead atoms. The molecule has 4 aromatic rings. The van der Waals surface area contributed by atoms with E-state index >= 15 is 0 Å². The predicted octanol–water partition coefficient (Wildman–Crippen LogP) is 7.33. The summed E-state index contributed by atoms with van der Waals surface area (Å²) in [6.07, 6.45) is 4.91. The van der Waals surface area contributed by atoms with Gasteiger partial charge in [-0.3, -0.25) is 0 Å². The van der Waals surface area contributed by atoms with E-state index in [2.05, 4.69) is 104 Å². The summed E-state index contributed by atoms with van der Waals surface area (Å²) in [5, 5.41) is 1.36. The van der Waals surface area contributed by atoms with Gasteiger partial charge in [0.25, 0.3) is 0 Å². The number of hydrogen-bond donors (Lipinski definition) is 0. The smallest absolute Gasteiger partial charge is 0.185 e. The van der Waals surface area contributed by atoms with Crippen LogP contribution in [0.25, 0.3) is 33.3 Å². The zero-order valence-electron chi connectivity index (χ0n) is 18.8. The number of nitrogens with zero attached hydrogens (tertiary/aromatic N) is 1. The zero-order valence-corrected chi connectivity index (χ0v) is 18.8. The van der Waals surface area contributed by atoms with Crippen LogP contribution in [0.2, 0.25) is 0 Å². The van der Waals surface area contributed by atoms with Crippen LogP contribution in [0.1, 0.15) is 50.7 Å². The third-order valence-corrected chi connectivity index (χ3v) is 8.56. The largest absolute Gasteiger partial charge is 0.214 e. The summed E-state index contributed by atoms with van der Waals surface area (Å²) in [6.45, 7) is 7.10. The van der Waals surface area contributed by atoms with Crippen LogP contribution in [-0.4, -0.2) is 0 Å². The van der Waals surface area contributed by atoms with E-state index < -0.39 is 0 Å². The minimum Gasteiger partial charge on any atom is -0.185 e. The molecule has 0 spiro atoms. The van der Waals surface area contributed by atoms with Gasteiger partial charge < -0.3 is 0 Å². The molecule has 6 rings (SSSR count). The number of para-hydroxylation sites is 1. The Labute approximate surface area is 185 Å². The standard InChI is InChI=1S/C30H30N/c1-4-29-18-19-30(29,5-2)31-26-17-10-9-15-23(26)24(22-13-7-6-8-14-22)20-27(31)28-21(3)12-11-16-25(28)29/h6-17,20H,4-5,18-19H2,1-3H3/q+1. The molecular formula is C30H30N+. The van der Waals surface area contributed by atoms with Gasteiger partial charge in [-0.15, -0.1) is 0 Å². The fourth-order valence-electron chi connectivity index (χ4n) is 7.01. The van der Waals surface area contributed by atoms with Gasteiger partial charge in [-0.2, -0.15) is 4.57 Å². The van der Waals surface area contributed by atoms with Crippen molar-refractivity contribution in [2.75, 3.05) is 0 Å². The van der Waals surface area contributed by atoms with E-state index in [1.807, 2.05) is 0 Å². The fraction of sp³-hybridized carbons (Fsp3) is 0.300. The molecule has 0 saturated heterocycles. The lowest BCUT2D eigenvalue weighted by Crippen LogP contribution is -2.75. The number of benzene rings is 3. The van der Waals surface area contributed by atoms with Crippen molar-refractivity contribution in [2.45, 2.75) is 57.4 Å². The van der Waals surface area contributed by atoms with E-state index in [0.717, 1.165) is 0 Å². The minimum atomic E-state index is 0.159. The van der Waals surface area contributed by atoms with Gasteiger partial charge in [-0.25, -0.2) is 0 Å². The molecular weight excluding hydrogens is 374 g/mol. The molecule has 2 aliphatic rings. The molecule has 2 heterocycles. The second-order valence-corrected chi connectivity index (χ2v) is 9.48. The Balaban J connectivity index is 1.82. The zero-order chi connectivity index (χ0) is 21.2. The van der Waals surface area contributed by atoms with Gasteiger partial charge in [0.15, 0.2) is 5.54 Å². The number of aromatic nitrogens is 1. The molecule has 1 aromatic heterocycles. The normalized spacial score (nSPS) is 23.6. The molecule has 3 aromatic carbocycles. The number of pyridine rings is 1. The van der Waals surface area contributed by atoms with Crippen molar-refractivity contribution in [1.29, 1.82) is 0 Å². The van der Waals surface area contributed by atoms with Gasteiger partial charge in [0, 0.05) is 30.5 Å². The summed E-state index contributed by atoms with van der Waals surface area (Å²) in [6, 6.07) is 29.5. The third-order valence-electron chi connectivity index (χ3n) is 8.56. The van der Waals surface area contributed by atoms with Crippen LogP contribution in [0.15, 0.2) is 78.9 Å². The first-order chi connectivity index (χ1) is 15.2. The van der Waals surface area contributed by atoms with Crippen molar-refractivity contribution in [3.63, 3.8) is 0 Å². The lowest BCUT2D eigenvalue weighted by molar-refractivity contribution is -0.762. The van der Waals surface area contributed by atoms with Crippen molar-refractivity contribution in [1.82, 2.24) is 0 Å². The highest BCUT2D eigenvalue weighted by molar-refractivity contribution is 5.95. The first-order valence-corrected chi connectivity index (χ1v) is 11.8. The molecule has 1 aliphatic heterocycles. The highest BCUT2D eigenvalue weighted by atomic mass is 15.1. The predicted molar refractivity (Wildman–Crippen MR) is 129 cm³/mol. The van der Waals surface area contributed by atoms with Gasteiger partial charge in [-0.05, 0) is 42.5 Å². The maximum Gasteiger partial charge on any atom is 0.214 e. The van der Waals surface area contributed by atoms with E-state index in [1.54, 1.807) is 5.56 Å². The lowest BCUT2D eigenvalue weighted by atomic mass is 9.47. The molecule has 0 N–H and O–H groups in total. The molecule has 0 amide bonds. The first kappa shape index (κ1) is 18.8. The Kier molecular flexibility index (Phi) is 3.96. The van der Waals surface area contributed by atoms with Crippen LogP contribution >= 0.6 is 0 Å². The molecule has 31 heavy (non-hydrogen) atoms. The van der Waals surface area contributed by atoms with Crippen molar-refractivity contribution in [3.05, 3.63) is 90.0 Å². The Morgan fingerprint density at radius 2 is 1.58 bits per heavy atom. The van der Waals surface area contributed by atoms with Gasteiger partial charge in [0.05, 0.1) is 16.4 Å². The molecule has 1 aliphatic carbocycles. The number of aryl methyl sites for hydroxylation is 1. The van der Waals surface area contributed by atoms with Crippen molar-refractivity contribution < 1.29 is 4.57 Å². The van der Waals surface area contributed by atoms with Crippen molar-refractivity contribution in [2.24, 2.45) is 0 Å². The number of rotatable bonds is 3. The summed E-state index contributed by atoms with van der Waals surface area (Å²) in [5.74, 6) is 0. The van der Waals surface area contributed by atoms with E-state index in [-0.39, 0.29) is 11.0 Å². The van der Waals surface area contributed by atoms with E-state index in [1.165, 1.54) is 64.5 Å². The van der Waals surface area contributed by atoms with E-state index in [4.69, 9.17) is 0 Å². The highest BCUT2D eigenvalue weighted by Gasteiger charge is 2.68. The van der Waals surface area contributed by atoms with E-state index in [9.17, 15) is 0 Å².